The number of aromatic hydroxyl groups is 1. The van der Waals surface area contributed by atoms with Gasteiger partial charge in [0.2, 0.25) is 0 Å². The third-order valence-electron chi connectivity index (χ3n) is 2.05. The topological polar surface area (TPSA) is 55.8 Å². The minimum atomic E-state index is -0.444. The van der Waals surface area contributed by atoms with E-state index in [4.69, 9.17) is 9.47 Å². The zero-order chi connectivity index (χ0) is 11.3. The van der Waals surface area contributed by atoms with Crippen LogP contribution in [-0.2, 0) is 9.47 Å². The third-order valence-corrected chi connectivity index (χ3v) is 2.05. The van der Waals surface area contributed by atoms with Crippen LogP contribution < -0.4 is 0 Å². The number of ether oxygens (including phenoxy) is 2. The van der Waals surface area contributed by atoms with Crippen LogP contribution in [0.25, 0.3) is 0 Å². The summed E-state index contributed by atoms with van der Waals surface area (Å²) in [5, 5.41) is 9.39. The fourth-order valence-electron chi connectivity index (χ4n) is 1.14. The Kier molecular flexibility index (Phi) is 4.12. The molecule has 82 valence electrons. The van der Waals surface area contributed by atoms with Gasteiger partial charge in [0.15, 0.2) is 0 Å². The Bertz CT molecular complexity index is 346. The van der Waals surface area contributed by atoms with Crippen molar-refractivity contribution < 1.29 is 19.4 Å². The molecule has 15 heavy (non-hydrogen) atoms. The Balaban J connectivity index is 2.69. The maximum Gasteiger partial charge on any atom is 0.338 e. The number of benzene rings is 1. The van der Waals surface area contributed by atoms with E-state index < -0.39 is 5.97 Å². The van der Waals surface area contributed by atoms with E-state index in [0.717, 1.165) is 0 Å². The minimum Gasteiger partial charge on any atom is -0.508 e. The van der Waals surface area contributed by atoms with Crippen LogP contribution in [0, 0.1) is 6.92 Å². The SMILES string of the molecule is COCCOC(=O)c1cccc(O)c1C. The minimum absolute atomic E-state index is 0.0937. The van der Waals surface area contributed by atoms with Crippen molar-refractivity contribution in [3.8, 4) is 5.75 Å². The van der Waals surface area contributed by atoms with Gasteiger partial charge in [-0.25, -0.2) is 4.79 Å². The molecule has 0 heterocycles. The van der Waals surface area contributed by atoms with E-state index in [9.17, 15) is 9.90 Å². The van der Waals surface area contributed by atoms with Gasteiger partial charge in [-0.1, -0.05) is 6.07 Å². The van der Waals surface area contributed by atoms with E-state index in [1.54, 1.807) is 19.1 Å². The Morgan fingerprint density at radius 2 is 2.13 bits per heavy atom. The smallest absolute Gasteiger partial charge is 0.338 e. The molecule has 4 heteroatoms. The molecule has 0 aliphatic heterocycles. The predicted octanol–water partition coefficient (Wildman–Crippen LogP) is 1.50. The van der Waals surface area contributed by atoms with Gasteiger partial charge in [-0.15, -0.1) is 0 Å². The predicted molar refractivity (Wildman–Crippen MR) is 55.0 cm³/mol. The Hall–Kier alpha value is -1.55. The fourth-order valence-corrected chi connectivity index (χ4v) is 1.14. The van der Waals surface area contributed by atoms with Crippen LogP contribution in [0.4, 0.5) is 0 Å². The Morgan fingerprint density at radius 3 is 2.80 bits per heavy atom. The highest BCUT2D eigenvalue weighted by Crippen LogP contribution is 2.19. The van der Waals surface area contributed by atoms with Gasteiger partial charge in [0.25, 0.3) is 0 Å². The lowest BCUT2D eigenvalue weighted by Crippen LogP contribution is -2.11. The number of carbonyl (C=O) groups is 1. The summed E-state index contributed by atoms with van der Waals surface area (Å²) in [6.45, 7) is 2.25. The van der Waals surface area contributed by atoms with Gasteiger partial charge < -0.3 is 14.6 Å². The third kappa shape index (κ3) is 2.95. The molecule has 1 rings (SSSR count). The van der Waals surface area contributed by atoms with Crippen LogP contribution in [0.3, 0.4) is 0 Å². The summed E-state index contributed by atoms with van der Waals surface area (Å²) in [4.78, 5) is 11.5. The number of hydrogen-bond acceptors (Lipinski definition) is 4. The highest BCUT2D eigenvalue weighted by atomic mass is 16.6. The number of esters is 1. The van der Waals surface area contributed by atoms with Gasteiger partial charge in [-0.05, 0) is 19.1 Å². The van der Waals surface area contributed by atoms with E-state index in [1.165, 1.54) is 13.2 Å². The molecule has 0 aromatic heterocycles. The van der Waals surface area contributed by atoms with Crippen molar-refractivity contribution in [3.05, 3.63) is 29.3 Å². The molecule has 0 aliphatic rings. The molecule has 1 aromatic rings. The summed E-state index contributed by atoms with van der Waals surface area (Å²) in [5.74, 6) is -0.350. The van der Waals surface area contributed by atoms with Crippen molar-refractivity contribution in [2.24, 2.45) is 0 Å². The van der Waals surface area contributed by atoms with Gasteiger partial charge in [-0.2, -0.15) is 0 Å². The summed E-state index contributed by atoms with van der Waals surface area (Å²) in [6.07, 6.45) is 0. The summed E-state index contributed by atoms with van der Waals surface area (Å²) >= 11 is 0. The molecule has 0 amide bonds. The standard InChI is InChI=1S/C11H14O4/c1-8-9(4-3-5-10(8)12)11(13)15-7-6-14-2/h3-5,12H,6-7H2,1-2H3. The van der Waals surface area contributed by atoms with Crippen molar-refractivity contribution in [1.29, 1.82) is 0 Å². The Morgan fingerprint density at radius 1 is 1.40 bits per heavy atom. The highest BCUT2D eigenvalue weighted by molar-refractivity contribution is 5.91. The lowest BCUT2D eigenvalue weighted by atomic mass is 10.1. The second-order valence-electron chi connectivity index (χ2n) is 3.08. The van der Waals surface area contributed by atoms with Crippen LogP contribution in [0.5, 0.6) is 5.75 Å². The molecule has 0 saturated heterocycles. The molecular formula is C11H14O4. The highest BCUT2D eigenvalue weighted by Gasteiger charge is 2.12. The van der Waals surface area contributed by atoms with E-state index in [0.29, 0.717) is 17.7 Å². The average Bonchev–Trinajstić information content (AvgIpc) is 2.22. The monoisotopic (exact) mass is 210 g/mol. The van der Waals surface area contributed by atoms with Crippen LogP contribution in [0.15, 0.2) is 18.2 Å². The van der Waals surface area contributed by atoms with Crippen LogP contribution >= 0.6 is 0 Å². The molecule has 0 aliphatic carbocycles. The van der Waals surface area contributed by atoms with Crippen molar-refractivity contribution in [2.75, 3.05) is 20.3 Å². The molecule has 0 bridgehead atoms. The van der Waals surface area contributed by atoms with E-state index >= 15 is 0 Å². The first-order valence-corrected chi connectivity index (χ1v) is 4.61. The second kappa shape index (κ2) is 5.36. The molecule has 0 atom stereocenters. The molecule has 4 nitrogen and oxygen atoms in total. The van der Waals surface area contributed by atoms with Crippen molar-refractivity contribution >= 4 is 5.97 Å². The van der Waals surface area contributed by atoms with E-state index in [-0.39, 0.29) is 12.4 Å². The number of methoxy groups -OCH3 is 1. The summed E-state index contributed by atoms with van der Waals surface area (Å²) < 4.78 is 9.68. The largest absolute Gasteiger partial charge is 0.508 e. The first-order chi connectivity index (χ1) is 7.16. The maximum atomic E-state index is 11.5. The zero-order valence-electron chi connectivity index (χ0n) is 8.82. The first kappa shape index (κ1) is 11.5. The molecule has 1 aromatic carbocycles. The summed E-state index contributed by atoms with van der Waals surface area (Å²) in [7, 11) is 1.54. The van der Waals surface area contributed by atoms with Gasteiger partial charge in [0.05, 0.1) is 12.2 Å². The lowest BCUT2D eigenvalue weighted by molar-refractivity contribution is 0.0387. The van der Waals surface area contributed by atoms with Crippen LogP contribution in [0.2, 0.25) is 0 Å². The summed E-state index contributed by atoms with van der Waals surface area (Å²) in [5.41, 5.74) is 0.908. The Labute approximate surface area is 88.4 Å². The van der Waals surface area contributed by atoms with Crippen molar-refractivity contribution in [3.63, 3.8) is 0 Å². The number of hydrogen-bond donors (Lipinski definition) is 1. The van der Waals surface area contributed by atoms with Gasteiger partial charge in [0.1, 0.15) is 12.4 Å². The quantitative estimate of drug-likeness (QED) is 0.604. The molecule has 0 spiro atoms. The van der Waals surface area contributed by atoms with Gasteiger partial charge in [-0.3, -0.25) is 0 Å². The van der Waals surface area contributed by atoms with Crippen LogP contribution in [0.1, 0.15) is 15.9 Å². The zero-order valence-corrected chi connectivity index (χ0v) is 8.82. The number of phenolic OH excluding ortho intramolecular Hbond substituents is 1. The van der Waals surface area contributed by atoms with Crippen molar-refractivity contribution in [1.82, 2.24) is 0 Å². The normalized spacial score (nSPS) is 10.0. The van der Waals surface area contributed by atoms with Gasteiger partial charge >= 0.3 is 5.97 Å². The van der Waals surface area contributed by atoms with E-state index in [2.05, 4.69) is 0 Å². The molecule has 0 radical (unpaired) electrons. The summed E-state index contributed by atoms with van der Waals surface area (Å²) in [6, 6.07) is 4.75. The lowest BCUT2D eigenvalue weighted by Gasteiger charge is -2.07. The average molecular weight is 210 g/mol. The molecule has 0 unspecified atom stereocenters. The number of carbonyl (C=O) groups excluding carboxylic acids is 1. The number of rotatable bonds is 4. The van der Waals surface area contributed by atoms with E-state index in [1.807, 2.05) is 0 Å². The van der Waals surface area contributed by atoms with Crippen LogP contribution in [-0.4, -0.2) is 31.4 Å². The molecule has 1 N–H and O–H groups in total. The van der Waals surface area contributed by atoms with Crippen molar-refractivity contribution in [2.45, 2.75) is 6.92 Å². The fraction of sp³-hybridized carbons (Fsp3) is 0.364. The molecule has 0 fully saturated rings. The van der Waals surface area contributed by atoms with Gasteiger partial charge in [0, 0.05) is 12.7 Å². The maximum absolute atomic E-state index is 11.5. The number of phenols is 1. The molecule has 0 saturated carbocycles. The first-order valence-electron chi connectivity index (χ1n) is 4.61. The molecular weight excluding hydrogens is 196 g/mol. The second-order valence-corrected chi connectivity index (χ2v) is 3.08.